The van der Waals surface area contributed by atoms with Gasteiger partial charge in [-0.15, -0.1) is 19.3 Å². The average molecular weight is 607 g/mol. The lowest BCUT2D eigenvalue weighted by Gasteiger charge is -2.18. The van der Waals surface area contributed by atoms with Crippen LogP contribution >= 0.6 is 0 Å². The van der Waals surface area contributed by atoms with Gasteiger partial charge in [-0.05, 0) is 121 Å². The van der Waals surface area contributed by atoms with E-state index in [2.05, 4.69) is 145 Å². The summed E-state index contributed by atoms with van der Waals surface area (Å²) in [6, 6.07) is 56.9. The van der Waals surface area contributed by atoms with Crippen LogP contribution in [0.1, 0.15) is 16.7 Å². The first-order valence-electron chi connectivity index (χ1n) is 15.8. The van der Waals surface area contributed by atoms with Crippen molar-refractivity contribution in [2.24, 2.45) is 0 Å². The van der Waals surface area contributed by atoms with E-state index in [0.717, 1.165) is 83.5 Å². The van der Waals surface area contributed by atoms with Gasteiger partial charge >= 0.3 is 0 Å². The van der Waals surface area contributed by atoms with Gasteiger partial charge in [0.25, 0.3) is 0 Å². The van der Waals surface area contributed by atoms with Crippen molar-refractivity contribution in [1.29, 1.82) is 0 Å². The Balaban J connectivity index is 1.50. The molecule has 48 heavy (non-hydrogen) atoms. The predicted molar refractivity (Wildman–Crippen MR) is 203 cm³/mol. The van der Waals surface area contributed by atoms with Crippen molar-refractivity contribution in [1.82, 2.24) is 0 Å². The summed E-state index contributed by atoms with van der Waals surface area (Å²) >= 11 is 0. The van der Waals surface area contributed by atoms with Gasteiger partial charge in [-0.2, -0.15) is 0 Å². The standard InChI is InChI=1S/C48H30/c1-4-34-16-13-19-37(28-34)43-22-7-10-25-46(43)40-31-41(47-26-11-8-23-44(47)38-20-14-17-35(5-2)29-38)33-42(32-40)48-27-12-9-24-45(48)39-21-15-18-36(6-3)30-39/h1-3,7-33H. The molecule has 222 valence electrons. The van der Waals surface area contributed by atoms with E-state index >= 15 is 0 Å². The molecule has 0 N–H and O–H groups in total. The van der Waals surface area contributed by atoms with E-state index in [1.54, 1.807) is 0 Å². The Labute approximate surface area is 283 Å². The summed E-state index contributed by atoms with van der Waals surface area (Å²) < 4.78 is 0. The largest absolute Gasteiger partial charge is 0.115 e. The second-order valence-corrected chi connectivity index (χ2v) is 11.6. The quantitative estimate of drug-likeness (QED) is 0.165. The van der Waals surface area contributed by atoms with Crippen molar-refractivity contribution in [2.75, 3.05) is 0 Å². The van der Waals surface area contributed by atoms with Crippen LogP contribution in [0.25, 0.3) is 66.8 Å². The number of hydrogen-bond acceptors (Lipinski definition) is 0. The van der Waals surface area contributed by atoms with E-state index in [1.165, 1.54) is 0 Å². The van der Waals surface area contributed by atoms with Crippen molar-refractivity contribution in [3.05, 3.63) is 180 Å². The second kappa shape index (κ2) is 13.3. The SMILES string of the molecule is C#Cc1cccc(-c2ccccc2-c2cc(-c3ccccc3-c3cccc(C#C)c3)cc(-c3ccccc3-c3cccc(C#C)c3)c2)c1. The van der Waals surface area contributed by atoms with E-state index in [0.29, 0.717) is 0 Å². The molecule has 0 aliphatic rings. The summed E-state index contributed by atoms with van der Waals surface area (Å²) in [5.41, 5.74) is 15.8. The van der Waals surface area contributed by atoms with Gasteiger partial charge in [0.05, 0.1) is 0 Å². The van der Waals surface area contributed by atoms with Gasteiger partial charge in [-0.25, -0.2) is 0 Å². The normalized spacial score (nSPS) is 10.4. The molecule has 0 saturated carbocycles. The van der Waals surface area contributed by atoms with Gasteiger partial charge in [0.2, 0.25) is 0 Å². The van der Waals surface area contributed by atoms with Crippen LogP contribution in [0.15, 0.2) is 164 Å². The molecule has 7 aromatic carbocycles. The second-order valence-electron chi connectivity index (χ2n) is 11.6. The minimum atomic E-state index is 0.850. The molecule has 0 bridgehead atoms. The highest BCUT2D eigenvalue weighted by Crippen LogP contribution is 2.42. The van der Waals surface area contributed by atoms with Gasteiger partial charge in [-0.3, -0.25) is 0 Å². The summed E-state index contributed by atoms with van der Waals surface area (Å²) in [7, 11) is 0. The molecule has 0 aromatic heterocycles. The Morgan fingerprint density at radius 3 is 0.750 bits per heavy atom. The van der Waals surface area contributed by atoms with Gasteiger partial charge in [0.15, 0.2) is 0 Å². The fraction of sp³-hybridized carbons (Fsp3) is 0. The molecule has 0 heterocycles. The molecule has 0 heteroatoms. The van der Waals surface area contributed by atoms with E-state index in [-0.39, 0.29) is 0 Å². The highest BCUT2D eigenvalue weighted by molar-refractivity contribution is 5.94. The number of benzene rings is 7. The molecule has 0 fully saturated rings. The van der Waals surface area contributed by atoms with Gasteiger partial charge in [0, 0.05) is 16.7 Å². The third kappa shape index (κ3) is 5.94. The van der Waals surface area contributed by atoms with Gasteiger partial charge in [-0.1, -0.05) is 127 Å². The monoisotopic (exact) mass is 606 g/mol. The van der Waals surface area contributed by atoms with Crippen LogP contribution in [0.3, 0.4) is 0 Å². The molecule has 7 rings (SSSR count). The Kier molecular flexibility index (Phi) is 8.28. The fourth-order valence-corrected chi connectivity index (χ4v) is 6.38. The van der Waals surface area contributed by atoms with E-state index in [9.17, 15) is 0 Å². The summed E-state index contributed by atoms with van der Waals surface area (Å²) in [6.45, 7) is 0. The first-order chi connectivity index (χ1) is 23.6. The fourth-order valence-electron chi connectivity index (χ4n) is 6.38. The Morgan fingerprint density at radius 1 is 0.250 bits per heavy atom. The summed E-state index contributed by atoms with van der Waals surface area (Å²) in [6.07, 6.45) is 17.4. The average Bonchev–Trinajstić information content (AvgIpc) is 3.17. The van der Waals surface area contributed by atoms with Crippen LogP contribution in [0.2, 0.25) is 0 Å². The molecule has 0 aliphatic heterocycles. The Hall–Kier alpha value is -6.78. The molecule has 0 nitrogen and oxygen atoms in total. The van der Waals surface area contributed by atoms with Crippen molar-refractivity contribution >= 4 is 0 Å². The minimum Gasteiger partial charge on any atom is -0.115 e. The number of hydrogen-bond donors (Lipinski definition) is 0. The topological polar surface area (TPSA) is 0 Å². The van der Waals surface area contributed by atoms with E-state index < -0.39 is 0 Å². The first kappa shape index (κ1) is 29.9. The maximum absolute atomic E-state index is 5.80. The minimum absolute atomic E-state index is 0.850. The highest BCUT2D eigenvalue weighted by atomic mass is 14.2. The van der Waals surface area contributed by atoms with Crippen LogP contribution in [-0.4, -0.2) is 0 Å². The van der Waals surface area contributed by atoms with Crippen molar-refractivity contribution in [2.45, 2.75) is 0 Å². The Bertz CT molecular complexity index is 2150. The van der Waals surface area contributed by atoms with Crippen molar-refractivity contribution < 1.29 is 0 Å². The van der Waals surface area contributed by atoms with E-state index in [4.69, 9.17) is 19.3 Å². The number of rotatable bonds is 6. The molecule has 0 radical (unpaired) electrons. The third-order valence-corrected chi connectivity index (χ3v) is 8.67. The van der Waals surface area contributed by atoms with Crippen molar-refractivity contribution in [3.8, 4) is 104 Å². The van der Waals surface area contributed by atoms with Crippen LogP contribution in [0.4, 0.5) is 0 Å². The highest BCUT2D eigenvalue weighted by Gasteiger charge is 2.16. The summed E-state index contributed by atoms with van der Waals surface area (Å²) in [4.78, 5) is 0. The van der Waals surface area contributed by atoms with Crippen LogP contribution < -0.4 is 0 Å². The zero-order chi connectivity index (χ0) is 32.9. The summed E-state index contributed by atoms with van der Waals surface area (Å²) in [5.74, 6) is 8.38. The molecule has 0 atom stereocenters. The molecule has 0 spiro atoms. The lowest BCUT2D eigenvalue weighted by Crippen LogP contribution is -1.92. The molecule has 0 saturated heterocycles. The molecular formula is C48H30. The summed E-state index contributed by atoms with van der Waals surface area (Å²) in [5, 5.41) is 0. The Morgan fingerprint density at radius 2 is 0.500 bits per heavy atom. The van der Waals surface area contributed by atoms with Crippen molar-refractivity contribution in [3.63, 3.8) is 0 Å². The van der Waals surface area contributed by atoms with Crippen LogP contribution in [0.5, 0.6) is 0 Å². The van der Waals surface area contributed by atoms with E-state index in [1.807, 2.05) is 36.4 Å². The maximum atomic E-state index is 5.80. The van der Waals surface area contributed by atoms with Gasteiger partial charge in [0.1, 0.15) is 0 Å². The predicted octanol–water partition coefficient (Wildman–Crippen LogP) is 11.6. The molecular weight excluding hydrogens is 577 g/mol. The molecule has 0 amide bonds. The zero-order valence-corrected chi connectivity index (χ0v) is 26.3. The first-order valence-corrected chi connectivity index (χ1v) is 15.8. The maximum Gasteiger partial charge on any atom is 0.0248 e. The lowest BCUT2D eigenvalue weighted by molar-refractivity contribution is 1.53. The molecule has 0 unspecified atom stereocenters. The van der Waals surface area contributed by atoms with Crippen LogP contribution in [0, 0.1) is 37.0 Å². The molecule has 7 aromatic rings. The zero-order valence-electron chi connectivity index (χ0n) is 26.3. The van der Waals surface area contributed by atoms with Crippen LogP contribution in [-0.2, 0) is 0 Å². The smallest absolute Gasteiger partial charge is 0.0248 e. The molecule has 0 aliphatic carbocycles. The van der Waals surface area contributed by atoms with Gasteiger partial charge < -0.3 is 0 Å². The third-order valence-electron chi connectivity index (χ3n) is 8.67. The number of terminal acetylenes is 3. The lowest BCUT2D eigenvalue weighted by atomic mass is 9.86.